The number of carbonyl (C=O) groups excluding carboxylic acids is 1. The van der Waals surface area contributed by atoms with Crippen molar-refractivity contribution in [1.82, 2.24) is 5.32 Å². The van der Waals surface area contributed by atoms with Gasteiger partial charge in [-0.2, -0.15) is 0 Å². The highest BCUT2D eigenvalue weighted by atomic mass is 35.5. The molecule has 0 unspecified atom stereocenters. The summed E-state index contributed by atoms with van der Waals surface area (Å²) in [5.41, 5.74) is 6.07. The van der Waals surface area contributed by atoms with Gasteiger partial charge in [0.25, 0.3) is 5.91 Å². The van der Waals surface area contributed by atoms with E-state index in [-0.39, 0.29) is 6.61 Å². The lowest BCUT2D eigenvalue weighted by atomic mass is 10.0. The molecule has 1 aromatic rings. The summed E-state index contributed by atoms with van der Waals surface area (Å²) in [5, 5.41) is 3.83. The molecule has 0 aliphatic heterocycles. The minimum absolute atomic E-state index is 0.234. The van der Waals surface area contributed by atoms with E-state index in [9.17, 15) is 4.79 Å². The number of benzene rings is 1. The summed E-state index contributed by atoms with van der Waals surface area (Å²) >= 11 is 6.21. The Morgan fingerprint density at radius 2 is 2.05 bits per heavy atom. The Morgan fingerprint density at radius 3 is 2.59 bits per heavy atom. The van der Waals surface area contributed by atoms with Gasteiger partial charge < -0.3 is 20.5 Å². The third-order valence-electron chi connectivity index (χ3n) is 3.56. The number of rotatable bonds is 10. The second kappa shape index (κ2) is 9.54. The summed E-state index contributed by atoms with van der Waals surface area (Å²) in [7, 11) is 1.53. The first kappa shape index (κ1) is 18.6. The van der Waals surface area contributed by atoms with Crippen LogP contribution < -0.4 is 20.5 Å². The van der Waals surface area contributed by atoms with E-state index < -0.39 is 5.91 Å². The van der Waals surface area contributed by atoms with Gasteiger partial charge in [-0.25, -0.2) is 0 Å². The number of carbonyl (C=O) groups is 1. The molecule has 1 rings (SSSR count). The van der Waals surface area contributed by atoms with Crippen LogP contribution in [0.25, 0.3) is 0 Å². The van der Waals surface area contributed by atoms with Crippen molar-refractivity contribution in [3.05, 3.63) is 22.7 Å². The summed E-state index contributed by atoms with van der Waals surface area (Å²) in [6.45, 7) is 5.82. The van der Waals surface area contributed by atoms with Crippen molar-refractivity contribution in [2.45, 2.75) is 33.2 Å². The normalized spacial score (nSPS) is 10.8. The monoisotopic (exact) mass is 328 g/mol. The molecule has 5 nitrogen and oxygen atoms in total. The van der Waals surface area contributed by atoms with E-state index in [0.29, 0.717) is 29.0 Å². The van der Waals surface area contributed by atoms with E-state index >= 15 is 0 Å². The van der Waals surface area contributed by atoms with Gasteiger partial charge in [-0.3, -0.25) is 4.79 Å². The van der Waals surface area contributed by atoms with E-state index in [4.69, 9.17) is 26.8 Å². The van der Waals surface area contributed by atoms with E-state index in [0.717, 1.165) is 24.9 Å². The van der Waals surface area contributed by atoms with E-state index in [2.05, 4.69) is 19.2 Å². The van der Waals surface area contributed by atoms with Crippen molar-refractivity contribution in [2.75, 3.05) is 20.3 Å². The van der Waals surface area contributed by atoms with Crippen LogP contribution in [0, 0.1) is 5.92 Å². The smallest absolute Gasteiger partial charge is 0.255 e. The zero-order valence-electron chi connectivity index (χ0n) is 13.4. The van der Waals surface area contributed by atoms with Crippen LogP contribution in [0.3, 0.4) is 0 Å². The number of hydrogen-bond donors (Lipinski definition) is 2. The Balaban J connectivity index is 2.73. The summed E-state index contributed by atoms with van der Waals surface area (Å²) in [4.78, 5) is 10.8. The maximum atomic E-state index is 10.8. The van der Waals surface area contributed by atoms with Crippen LogP contribution in [0.4, 0.5) is 0 Å². The number of methoxy groups -OCH3 is 1. The SMILES string of the molecule is CCC(CC)CNCc1cc(Cl)c(OCC(N)=O)c(OC)c1. The van der Waals surface area contributed by atoms with Crippen LogP contribution in [0.15, 0.2) is 12.1 Å². The molecule has 1 aromatic carbocycles. The average Bonchev–Trinajstić information content (AvgIpc) is 2.49. The fourth-order valence-electron chi connectivity index (χ4n) is 2.16. The van der Waals surface area contributed by atoms with Gasteiger partial charge in [-0.05, 0) is 30.2 Å². The minimum atomic E-state index is -0.561. The highest BCUT2D eigenvalue weighted by Crippen LogP contribution is 2.36. The predicted octanol–water partition coefficient (Wildman–Crippen LogP) is 2.74. The van der Waals surface area contributed by atoms with Crippen LogP contribution in [0.5, 0.6) is 11.5 Å². The van der Waals surface area contributed by atoms with Crippen molar-refractivity contribution in [3.8, 4) is 11.5 Å². The topological polar surface area (TPSA) is 73.6 Å². The molecule has 0 aliphatic rings. The van der Waals surface area contributed by atoms with Gasteiger partial charge in [0.05, 0.1) is 12.1 Å². The Bertz CT molecular complexity index is 491. The zero-order chi connectivity index (χ0) is 16.5. The van der Waals surface area contributed by atoms with Gasteiger partial charge in [-0.15, -0.1) is 0 Å². The molecule has 3 N–H and O–H groups in total. The van der Waals surface area contributed by atoms with E-state index in [1.165, 1.54) is 7.11 Å². The lowest BCUT2D eigenvalue weighted by Gasteiger charge is -2.15. The molecular weight excluding hydrogens is 304 g/mol. The fourth-order valence-corrected chi connectivity index (χ4v) is 2.44. The standard InChI is InChI=1S/C16H25ClN2O3/c1-4-11(5-2)8-19-9-12-6-13(17)16(14(7-12)21-3)22-10-15(18)20/h6-7,11,19H,4-5,8-10H2,1-3H3,(H2,18,20). The first-order valence-electron chi connectivity index (χ1n) is 7.49. The molecule has 6 heteroatoms. The van der Waals surface area contributed by atoms with Gasteiger partial charge in [0.15, 0.2) is 18.1 Å². The first-order valence-corrected chi connectivity index (χ1v) is 7.87. The molecule has 0 radical (unpaired) electrons. The number of primary amides is 1. The lowest BCUT2D eigenvalue weighted by molar-refractivity contribution is -0.119. The van der Waals surface area contributed by atoms with Gasteiger partial charge >= 0.3 is 0 Å². The van der Waals surface area contributed by atoms with Crippen molar-refractivity contribution in [1.29, 1.82) is 0 Å². The molecule has 0 bridgehead atoms. The van der Waals surface area contributed by atoms with Crippen LogP contribution in [0.2, 0.25) is 5.02 Å². The van der Waals surface area contributed by atoms with Crippen LogP contribution in [0.1, 0.15) is 32.3 Å². The number of halogens is 1. The van der Waals surface area contributed by atoms with Crippen molar-refractivity contribution < 1.29 is 14.3 Å². The number of hydrogen-bond acceptors (Lipinski definition) is 4. The number of amides is 1. The van der Waals surface area contributed by atoms with Crippen LogP contribution in [-0.4, -0.2) is 26.2 Å². The molecule has 0 aromatic heterocycles. The van der Waals surface area contributed by atoms with E-state index in [1.807, 2.05) is 6.07 Å². The molecule has 1 amide bonds. The fraction of sp³-hybridized carbons (Fsp3) is 0.562. The highest BCUT2D eigenvalue weighted by Gasteiger charge is 2.13. The van der Waals surface area contributed by atoms with Gasteiger partial charge in [0.2, 0.25) is 0 Å². The summed E-state index contributed by atoms with van der Waals surface area (Å²) < 4.78 is 10.6. The molecule has 0 heterocycles. The largest absolute Gasteiger partial charge is 0.493 e. The molecule has 0 fully saturated rings. The predicted molar refractivity (Wildman–Crippen MR) is 88.5 cm³/mol. The maximum absolute atomic E-state index is 10.8. The lowest BCUT2D eigenvalue weighted by Crippen LogP contribution is -2.22. The second-order valence-electron chi connectivity index (χ2n) is 5.18. The second-order valence-corrected chi connectivity index (χ2v) is 5.58. The Hall–Kier alpha value is -1.46. The highest BCUT2D eigenvalue weighted by molar-refractivity contribution is 6.32. The van der Waals surface area contributed by atoms with Crippen molar-refractivity contribution in [3.63, 3.8) is 0 Å². The van der Waals surface area contributed by atoms with Crippen LogP contribution in [-0.2, 0) is 11.3 Å². The van der Waals surface area contributed by atoms with Crippen molar-refractivity contribution in [2.24, 2.45) is 11.7 Å². The Kier molecular flexibility index (Phi) is 8.06. The summed E-state index contributed by atoms with van der Waals surface area (Å²) in [6, 6.07) is 3.66. The van der Waals surface area contributed by atoms with E-state index in [1.54, 1.807) is 6.07 Å². The van der Waals surface area contributed by atoms with Crippen molar-refractivity contribution >= 4 is 17.5 Å². The molecule has 0 atom stereocenters. The Labute approximate surface area is 137 Å². The molecule has 0 saturated carbocycles. The average molecular weight is 329 g/mol. The molecule has 124 valence electrons. The van der Waals surface area contributed by atoms with Gasteiger partial charge in [0.1, 0.15) is 0 Å². The maximum Gasteiger partial charge on any atom is 0.255 e. The molecule has 0 spiro atoms. The van der Waals surface area contributed by atoms with Gasteiger partial charge in [-0.1, -0.05) is 38.3 Å². The number of nitrogens with two attached hydrogens (primary N) is 1. The first-order chi connectivity index (χ1) is 10.5. The third-order valence-corrected chi connectivity index (χ3v) is 3.85. The Morgan fingerprint density at radius 1 is 1.36 bits per heavy atom. The number of nitrogens with one attached hydrogen (secondary N) is 1. The number of ether oxygens (including phenoxy) is 2. The molecule has 0 saturated heterocycles. The molecule has 22 heavy (non-hydrogen) atoms. The quantitative estimate of drug-likeness (QED) is 0.692. The molecular formula is C16H25ClN2O3. The molecule has 0 aliphatic carbocycles. The third kappa shape index (κ3) is 5.73. The van der Waals surface area contributed by atoms with Crippen LogP contribution >= 0.6 is 11.6 Å². The van der Waals surface area contributed by atoms with Gasteiger partial charge in [0, 0.05) is 6.54 Å². The zero-order valence-corrected chi connectivity index (χ0v) is 14.2. The minimum Gasteiger partial charge on any atom is -0.493 e. The summed E-state index contributed by atoms with van der Waals surface area (Å²) in [6.07, 6.45) is 2.32. The summed E-state index contributed by atoms with van der Waals surface area (Å²) in [5.74, 6) is 0.948.